The Morgan fingerprint density at radius 1 is 1.10 bits per heavy atom. The molecular formula is C21H13F3N2O5. The van der Waals surface area contributed by atoms with Crippen molar-refractivity contribution in [3.63, 3.8) is 0 Å². The van der Waals surface area contributed by atoms with E-state index in [-0.39, 0.29) is 28.3 Å². The first kappa shape index (κ1) is 21.5. The van der Waals surface area contributed by atoms with E-state index in [2.05, 4.69) is 4.98 Å². The van der Waals surface area contributed by atoms with Crippen LogP contribution in [0.4, 0.5) is 18.9 Å². The van der Waals surface area contributed by atoms with Gasteiger partial charge in [0.2, 0.25) is 0 Å². The maximum Gasteiger partial charge on any atom is 0.416 e. The summed E-state index contributed by atoms with van der Waals surface area (Å²) in [6, 6.07) is 10.7. The Morgan fingerprint density at radius 2 is 1.87 bits per heavy atom. The van der Waals surface area contributed by atoms with Crippen LogP contribution < -0.4 is 4.74 Å². The highest BCUT2D eigenvalue weighted by molar-refractivity contribution is 5.87. The molecule has 1 aromatic heterocycles. The third kappa shape index (κ3) is 5.44. The summed E-state index contributed by atoms with van der Waals surface area (Å²) in [6.45, 7) is 0. The van der Waals surface area contributed by atoms with E-state index < -0.39 is 22.6 Å². The summed E-state index contributed by atoms with van der Waals surface area (Å²) in [5.41, 5.74) is -0.574. The minimum atomic E-state index is -4.55. The molecule has 0 aliphatic rings. The molecule has 158 valence electrons. The number of nitro groups is 1. The van der Waals surface area contributed by atoms with Crippen LogP contribution in [0.1, 0.15) is 27.2 Å². The number of halogens is 3. The Morgan fingerprint density at radius 3 is 2.48 bits per heavy atom. The molecule has 0 saturated heterocycles. The fourth-order valence-electron chi connectivity index (χ4n) is 2.54. The molecule has 0 radical (unpaired) electrons. The number of hydrogen-bond acceptors (Lipinski definition) is 5. The Balaban J connectivity index is 1.94. The van der Waals surface area contributed by atoms with Crippen LogP contribution in [-0.2, 0) is 6.18 Å². The average Bonchev–Trinajstić information content (AvgIpc) is 2.72. The van der Waals surface area contributed by atoms with Gasteiger partial charge in [0.05, 0.1) is 21.7 Å². The smallest absolute Gasteiger partial charge is 0.416 e. The number of alkyl halides is 3. The molecule has 0 aliphatic heterocycles. The van der Waals surface area contributed by atoms with E-state index in [4.69, 9.17) is 9.84 Å². The Labute approximate surface area is 173 Å². The number of carboxylic acid groups (broad SMARTS) is 1. The van der Waals surface area contributed by atoms with Gasteiger partial charge in [-0.05, 0) is 48.6 Å². The molecule has 0 saturated carbocycles. The Hall–Kier alpha value is -4.21. The zero-order valence-corrected chi connectivity index (χ0v) is 15.5. The van der Waals surface area contributed by atoms with Crippen LogP contribution >= 0.6 is 0 Å². The first-order valence-electron chi connectivity index (χ1n) is 8.64. The number of ether oxygens (including phenoxy) is 1. The van der Waals surface area contributed by atoms with Crippen molar-refractivity contribution in [1.82, 2.24) is 4.98 Å². The lowest BCUT2D eigenvalue weighted by atomic mass is 10.1. The second-order valence-corrected chi connectivity index (χ2v) is 6.22. The van der Waals surface area contributed by atoms with Gasteiger partial charge in [-0.15, -0.1) is 0 Å². The van der Waals surface area contributed by atoms with Crippen LogP contribution in [0.3, 0.4) is 0 Å². The normalized spacial score (nSPS) is 11.5. The SMILES string of the molecule is O=C(O)c1ccc(/C=C/c2cc([N+](=O)[O-])ccc2Oc2cccc(C(F)(F)F)c2)nc1. The molecule has 0 aliphatic carbocycles. The summed E-state index contributed by atoms with van der Waals surface area (Å²) in [5.74, 6) is -1.15. The van der Waals surface area contributed by atoms with E-state index in [0.29, 0.717) is 5.69 Å². The van der Waals surface area contributed by atoms with Crippen LogP contribution in [0.5, 0.6) is 11.5 Å². The zero-order chi connectivity index (χ0) is 22.6. The van der Waals surface area contributed by atoms with Gasteiger partial charge in [-0.1, -0.05) is 6.07 Å². The molecule has 1 heterocycles. The third-order valence-corrected chi connectivity index (χ3v) is 4.06. The van der Waals surface area contributed by atoms with Gasteiger partial charge in [0.25, 0.3) is 5.69 Å². The highest BCUT2D eigenvalue weighted by atomic mass is 19.4. The average molecular weight is 430 g/mol. The van der Waals surface area contributed by atoms with Crippen molar-refractivity contribution >= 4 is 23.8 Å². The number of aromatic nitrogens is 1. The predicted molar refractivity (Wildman–Crippen MR) is 105 cm³/mol. The number of pyridine rings is 1. The summed E-state index contributed by atoms with van der Waals surface area (Å²) in [4.78, 5) is 25.3. The van der Waals surface area contributed by atoms with Gasteiger partial charge in [0.15, 0.2) is 0 Å². The van der Waals surface area contributed by atoms with Crippen LogP contribution in [0.2, 0.25) is 0 Å². The van der Waals surface area contributed by atoms with E-state index in [1.54, 1.807) is 0 Å². The minimum Gasteiger partial charge on any atom is -0.478 e. The third-order valence-electron chi connectivity index (χ3n) is 4.06. The molecular weight excluding hydrogens is 417 g/mol. The standard InChI is InChI=1S/C21H13F3N2O5/c22-21(23,24)15-2-1-3-18(11-15)31-19-9-8-17(26(29)30)10-13(19)4-6-16-7-5-14(12-25-16)20(27)28/h1-12H,(H,27,28)/b6-4+. The van der Waals surface area contributed by atoms with Gasteiger partial charge in [-0.3, -0.25) is 15.1 Å². The molecule has 2 aromatic carbocycles. The van der Waals surface area contributed by atoms with E-state index in [9.17, 15) is 28.1 Å². The molecule has 3 aromatic rings. The summed E-state index contributed by atoms with van der Waals surface area (Å²) in [5, 5.41) is 20.0. The number of carbonyl (C=O) groups is 1. The molecule has 0 atom stereocenters. The van der Waals surface area contributed by atoms with Crippen LogP contribution in [0.25, 0.3) is 12.2 Å². The van der Waals surface area contributed by atoms with E-state index in [1.807, 2.05) is 0 Å². The quantitative estimate of drug-likeness (QED) is 0.399. The van der Waals surface area contributed by atoms with Crippen molar-refractivity contribution in [1.29, 1.82) is 0 Å². The number of hydrogen-bond donors (Lipinski definition) is 1. The van der Waals surface area contributed by atoms with Gasteiger partial charge < -0.3 is 9.84 Å². The van der Waals surface area contributed by atoms with Gasteiger partial charge >= 0.3 is 12.1 Å². The topological polar surface area (TPSA) is 103 Å². The molecule has 0 amide bonds. The van der Waals surface area contributed by atoms with Gasteiger partial charge in [-0.25, -0.2) is 4.79 Å². The van der Waals surface area contributed by atoms with Crippen LogP contribution in [-0.4, -0.2) is 21.0 Å². The molecule has 10 heteroatoms. The van der Waals surface area contributed by atoms with Crippen LogP contribution in [0.15, 0.2) is 60.8 Å². The van der Waals surface area contributed by atoms with Gasteiger partial charge in [0.1, 0.15) is 11.5 Å². The molecule has 1 N–H and O–H groups in total. The highest BCUT2D eigenvalue weighted by Crippen LogP contribution is 2.34. The second-order valence-electron chi connectivity index (χ2n) is 6.22. The summed E-state index contributed by atoms with van der Waals surface area (Å²) >= 11 is 0. The maximum atomic E-state index is 12.9. The lowest BCUT2D eigenvalue weighted by molar-refractivity contribution is -0.384. The van der Waals surface area contributed by atoms with Gasteiger partial charge in [0, 0.05) is 23.9 Å². The Bertz CT molecular complexity index is 1160. The summed E-state index contributed by atoms with van der Waals surface area (Å²) in [6.07, 6.45) is -0.511. The number of nitrogens with zero attached hydrogens (tertiary/aromatic N) is 2. The van der Waals surface area contributed by atoms with E-state index in [0.717, 1.165) is 18.3 Å². The number of aromatic carboxylic acids is 1. The van der Waals surface area contributed by atoms with Crippen molar-refractivity contribution in [2.24, 2.45) is 0 Å². The number of rotatable bonds is 6. The number of benzene rings is 2. The fourth-order valence-corrected chi connectivity index (χ4v) is 2.54. The summed E-state index contributed by atoms with van der Waals surface area (Å²) < 4.78 is 44.3. The van der Waals surface area contributed by atoms with Crippen molar-refractivity contribution in [2.45, 2.75) is 6.18 Å². The van der Waals surface area contributed by atoms with E-state index in [1.165, 1.54) is 54.6 Å². The predicted octanol–water partition coefficient (Wildman–Crippen LogP) is 5.67. The largest absolute Gasteiger partial charge is 0.478 e. The van der Waals surface area contributed by atoms with Gasteiger partial charge in [-0.2, -0.15) is 13.2 Å². The fraction of sp³-hybridized carbons (Fsp3) is 0.0476. The minimum absolute atomic E-state index is 0.0129. The lowest BCUT2D eigenvalue weighted by Crippen LogP contribution is -2.04. The lowest BCUT2D eigenvalue weighted by Gasteiger charge is -2.11. The molecule has 0 bridgehead atoms. The molecule has 0 fully saturated rings. The Kier molecular flexibility index (Phi) is 6.00. The zero-order valence-electron chi connectivity index (χ0n) is 15.5. The van der Waals surface area contributed by atoms with Crippen molar-refractivity contribution in [3.05, 3.63) is 93.3 Å². The number of carboxylic acids is 1. The van der Waals surface area contributed by atoms with Crippen LogP contribution in [0, 0.1) is 10.1 Å². The molecule has 0 unspecified atom stereocenters. The first-order valence-corrected chi connectivity index (χ1v) is 8.64. The monoisotopic (exact) mass is 430 g/mol. The van der Waals surface area contributed by atoms with E-state index >= 15 is 0 Å². The van der Waals surface area contributed by atoms with Crippen molar-refractivity contribution < 1.29 is 32.7 Å². The first-order chi connectivity index (χ1) is 14.6. The number of non-ortho nitro benzene ring substituents is 1. The molecule has 7 nitrogen and oxygen atoms in total. The number of nitro benzene ring substituents is 1. The molecule has 3 rings (SSSR count). The second kappa shape index (κ2) is 8.66. The maximum absolute atomic E-state index is 12.9. The van der Waals surface area contributed by atoms with Crippen molar-refractivity contribution in [2.75, 3.05) is 0 Å². The molecule has 0 spiro atoms. The summed E-state index contributed by atoms with van der Waals surface area (Å²) in [7, 11) is 0. The highest BCUT2D eigenvalue weighted by Gasteiger charge is 2.30. The molecule has 31 heavy (non-hydrogen) atoms. The van der Waals surface area contributed by atoms with Crippen molar-refractivity contribution in [3.8, 4) is 11.5 Å².